The van der Waals surface area contributed by atoms with Crippen LogP contribution in [-0.2, 0) is 9.59 Å². The van der Waals surface area contributed by atoms with Gasteiger partial charge in [-0.15, -0.1) is 0 Å². The number of rotatable bonds is 4. The van der Waals surface area contributed by atoms with E-state index in [2.05, 4.69) is 5.32 Å². The number of anilines is 1. The van der Waals surface area contributed by atoms with Gasteiger partial charge in [0.2, 0.25) is 5.91 Å². The van der Waals surface area contributed by atoms with Crippen molar-refractivity contribution < 1.29 is 24.6 Å². The number of carboxylic acids is 2. The molecule has 1 saturated carbocycles. The van der Waals surface area contributed by atoms with Crippen molar-refractivity contribution in [1.82, 2.24) is 0 Å². The van der Waals surface area contributed by atoms with Crippen molar-refractivity contribution in [1.29, 1.82) is 0 Å². The zero-order chi connectivity index (χ0) is 16.3. The molecule has 6 heteroatoms. The van der Waals surface area contributed by atoms with Crippen molar-refractivity contribution in [2.24, 2.45) is 11.8 Å². The van der Waals surface area contributed by atoms with Gasteiger partial charge in [-0.05, 0) is 37.0 Å². The van der Waals surface area contributed by atoms with Gasteiger partial charge in [0.25, 0.3) is 0 Å². The first-order chi connectivity index (χ1) is 10.4. The van der Waals surface area contributed by atoms with Crippen LogP contribution in [0.5, 0.6) is 0 Å². The zero-order valence-corrected chi connectivity index (χ0v) is 12.3. The highest BCUT2D eigenvalue weighted by Crippen LogP contribution is 2.31. The molecule has 2 atom stereocenters. The maximum Gasteiger partial charge on any atom is 0.228 e. The standard InChI is InChI=1S/C16H19NO5/c1-9-6-7-10(15(19)20)8-13(9)17-14(18)11-4-2-3-5-12(11)16(21)22/h6-8,11-12H,2-5H2,1H3,(H,17,18)(H,19,20)(H,21,22)/p-2/t11-,12+/m1/s1. The van der Waals surface area contributed by atoms with Crippen LogP contribution in [0.2, 0.25) is 0 Å². The highest BCUT2D eigenvalue weighted by atomic mass is 16.4. The summed E-state index contributed by atoms with van der Waals surface area (Å²) in [6, 6.07) is 4.28. The average Bonchev–Trinajstić information content (AvgIpc) is 2.49. The lowest BCUT2D eigenvalue weighted by atomic mass is 9.78. The van der Waals surface area contributed by atoms with Crippen LogP contribution in [0.15, 0.2) is 18.2 Å². The van der Waals surface area contributed by atoms with Gasteiger partial charge in [0, 0.05) is 23.5 Å². The smallest absolute Gasteiger partial charge is 0.228 e. The molecule has 0 unspecified atom stereocenters. The molecule has 2 rings (SSSR count). The van der Waals surface area contributed by atoms with E-state index in [1.807, 2.05) is 0 Å². The van der Waals surface area contributed by atoms with Crippen molar-refractivity contribution in [3.8, 4) is 0 Å². The van der Waals surface area contributed by atoms with Crippen LogP contribution in [0.3, 0.4) is 0 Å². The summed E-state index contributed by atoms with van der Waals surface area (Å²) in [7, 11) is 0. The van der Waals surface area contributed by atoms with Crippen molar-refractivity contribution in [3.05, 3.63) is 29.3 Å². The molecule has 1 N–H and O–H groups in total. The molecule has 0 saturated heterocycles. The number of amides is 1. The maximum absolute atomic E-state index is 12.4. The maximum atomic E-state index is 12.4. The number of carboxylic acid groups (broad SMARTS) is 2. The molecule has 118 valence electrons. The van der Waals surface area contributed by atoms with E-state index in [0.29, 0.717) is 24.1 Å². The molecule has 0 bridgehead atoms. The number of aliphatic carboxylic acids is 1. The number of nitrogens with one attached hydrogen (secondary N) is 1. The largest absolute Gasteiger partial charge is 0.550 e. The average molecular weight is 303 g/mol. The summed E-state index contributed by atoms with van der Waals surface area (Å²) in [5.41, 5.74) is 1.01. The summed E-state index contributed by atoms with van der Waals surface area (Å²) in [6.07, 6.45) is 2.48. The quantitative estimate of drug-likeness (QED) is 0.832. The van der Waals surface area contributed by atoms with Crippen LogP contribution in [-0.4, -0.2) is 17.8 Å². The molecule has 6 nitrogen and oxygen atoms in total. The van der Waals surface area contributed by atoms with Gasteiger partial charge in [-0.1, -0.05) is 25.0 Å². The van der Waals surface area contributed by atoms with Crippen LogP contribution in [0.4, 0.5) is 5.69 Å². The molecule has 0 aliphatic heterocycles. The van der Waals surface area contributed by atoms with Crippen LogP contribution >= 0.6 is 0 Å². The minimum absolute atomic E-state index is 0.0407. The second-order valence-corrected chi connectivity index (χ2v) is 5.62. The Balaban J connectivity index is 2.19. The molecule has 1 aromatic carbocycles. The minimum Gasteiger partial charge on any atom is -0.550 e. The summed E-state index contributed by atoms with van der Waals surface area (Å²) in [5, 5.41) is 24.7. The first-order valence-corrected chi connectivity index (χ1v) is 7.24. The Morgan fingerprint density at radius 1 is 1.09 bits per heavy atom. The van der Waals surface area contributed by atoms with Crippen molar-refractivity contribution >= 4 is 23.5 Å². The van der Waals surface area contributed by atoms with Gasteiger partial charge in [0.15, 0.2) is 0 Å². The van der Waals surface area contributed by atoms with Gasteiger partial charge in [-0.3, -0.25) is 4.79 Å². The minimum atomic E-state index is -1.33. The third-order valence-corrected chi connectivity index (χ3v) is 4.14. The Kier molecular flexibility index (Phi) is 4.80. The van der Waals surface area contributed by atoms with Crippen molar-refractivity contribution in [3.63, 3.8) is 0 Å². The fourth-order valence-electron chi connectivity index (χ4n) is 2.84. The predicted molar refractivity (Wildman–Crippen MR) is 74.6 cm³/mol. The molecule has 0 spiro atoms. The van der Waals surface area contributed by atoms with E-state index in [1.165, 1.54) is 12.1 Å². The number of hydrogen-bond donors (Lipinski definition) is 1. The van der Waals surface area contributed by atoms with E-state index >= 15 is 0 Å². The second-order valence-electron chi connectivity index (χ2n) is 5.62. The monoisotopic (exact) mass is 303 g/mol. The lowest BCUT2D eigenvalue weighted by Gasteiger charge is -2.31. The first-order valence-electron chi connectivity index (χ1n) is 7.24. The van der Waals surface area contributed by atoms with Crippen molar-refractivity contribution in [2.45, 2.75) is 32.6 Å². The summed E-state index contributed by atoms with van der Waals surface area (Å²) >= 11 is 0. The van der Waals surface area contributed by atoms with Gasteiger partial charge in [-0.2, -0.15) is 0 Å². The third-order valence-electron chi connectivity index (χ3n) is 4.14. The van der Waals surface area contributed by atoms with E-state index in [0.717, 1.165) is 12.8 Å². The van der Waals surface area contributed by atoms with Crippen LogP contribution in [0.25, 0.3) is 0 Å². The molecule has 1 aliphatic carbocycles. The van der Waals surface area contributed by atoms with Gasteiger partial charge in [0.1, 0.15) is 0 Å². The van der Waals surface area contributed by atoms with Gasteiger partial charge in [0.05, 0.1) is 5.97 Å². The molecule has 1 aromatic rings. The van der Waals surface area contributed by atoms with E-state index in [1.54, 1.807) is 13.0 Å². The van der Waals surface area contributed by atoms with Gasteiger partial charge >= 0.3 is 0 Å². The molecular weight excluding hydrogens is 286 g/mol. The number of carbonyl (C=O) groups is 3. The summed E-state index contributed by atoms with van der Waals surface area (Å²) in [5.74, 6) is -4.39. The lowest BCUT2D eigenvalue weighted by molar-refractivity contribution is -0.313. The predicted octanol–water partition coefficient (Wildman–Crippen LogP) is -0.147. The second kappa shape index (κ2) is 6.60. The highest BCUT2D eigenvalue weighted by Gasteiger charge is 2.31. The van der Waals surface area contributed by atoms with Crippen molar-refractivity contribution in [2.75, 3.05) is 5.32 Å². The van der Waals surface area contributed by atoms with Crippen LogP contribution < -0.4 is 15.5 Å². The summed E-state index contributed by atoms with van der Waals surface area (Å²) in [4.78, 5) is 34.4. The number of carbonyl (C=O) groups excluding carboxylic acids is 3. The fraction of sp³-hybridized carbons (Fsp3) is 0.438. The first kappa shape index (κ1) is 16.0. The summed E-state index contributed by atoms with van der Waals surface area (Å²) in [6.45, 7) is 1.73. The normalized spacial score (nSPS) is 21.1. The Bertz CT molecular complexity index is 611. The number of benzene rings is 1. The van der Waals surface area contributed by atoms with Gasteiger partial charge < -0.3 is 25.1 Å². The Hall–Kier alpha value is -2.37. The lowest BCUT2D eigenvalue weighted by Crippen LogP contribution is -2.42. The molecule has 0 aromatic heterocycles. The third kappa shape index (κ3) is 3.44. The Morgan fingerprint density at radius 2 is 1.73 bits per heavy atom. The molecule has 0 radical (unpaired) electrons. The fourth-order valence-corrected chi connectivity index (χ4v) is 2.84. The summed E-state index contributed by atoms with van der Waals surface area (Å²) < 4.78 is 0. The molecule has 1 amide bonds. The number of hydrogen-bond acceptors (Lipinski definition) is 5. The van der Waals surface area contributed by atoms with Gasteiger partial charge in [-0.25, -0.2) is 0 Å². The number of aryl methyl sites for hydroxylation is 1. The number of aromatic carboxylic acids is 1. The molecule has 1 aliphatic rings. The van der Waals surface area contributed by atoms with E-state index < -0.39 is 29.7 Å². The Morgan fingerprint density at radius 3 is 2.32 bits per heavy atom. The molecule has 22 heavy (non-hydrogen) atoms. The van der Waals surface area contributed by atoms with Crippen LogP contribution in [0, 0.1) is 18.8 Å². The highest BCUT2D eigenvalue weighted by molar-refractivity contribution is 5.97. The molecular formula is C16H17NO5-2. The van der Waals surface area contributed by atoms with Crippen LogP contribution in [0.1, 0.15) is 41.6 Å². The molecule has 1 fully saturated rings. The topological polar surface area (TPSA) is 109 Å². The van der Waals surface area contributed by atoms with E-state index in [-0.39, 0.29) is 5.56 Å². The zero-order valence-electron chi connectivity index (χ0n) is 12.3. The Labute approximate surface area is 128 Å². The molecule has 0 heterocycles. The van der Waals surface area contributed by atoms with E-state index in [4.69, 9.17) is 0 Å². The SMILES string of the molecule is Cc1ccc(C(=O)[O-])cc1NC(=O)[C@@H]1CCCC[C@@H]1C(=O)[O-]. The van der Waals surface area contributed by atoms with E-state index in [9.17, 15) is 24.6 Å².